The lowest BCUT2D eigenvalue weighted by Gasteiger charge is -2.30. The number of ketones is 1. The molecule has 1 aliphatic carbocycles. The molecule has 0 N–H and O–H groups in total. The second-order valence-corrected chi connectivity index (χ2v) is 9.02. The number of aryl methyl sites for hydroxylation is 1. The summed E-state index contributed by atoms with van der Waals surface area (Å²) in [6.45, 7) is 12.9. The van der Waals surface area contributed by atoms with Crippen molar-refractivity contribution in [2.24, 2.45) is 5.41 Å². The van der Waals surface area contributed by atoms with Gasteiger partial charge in [0, 0.05) is 37.0 Å². The van der Waals surface area contributed by atoms with Crippen LogP contribution in [0.3, 0.4) is 0 Å². The normalized spacial score (nSPS) is 16.6. The van der Waals surface area contributed by atoms with E-state index in [1.54, 1.807) is 18.9 Å². The zero-order valence-corrected chi connectivity index (χ0v) is 18.6. The van der Waals surface area contributed by atoms with E-state index in [-0.39, 0.29) is 29.6 Å². The molecule has 7 heteroatoms. The van der Waals surface area contributed by atoms with Gasteiger partial charge in [-0.2, -0.15) is 4.98 Å². The number of hydrogen-bond acceptors (Lipinski definition) is 5. The summed E-state index contributed by atoms with van der Waals surface area (Å²) in [6.07, 6.45) is 2.56. The Morgan fingerprint density at radius 2 is 2.00 bits per heavy atom. The number of hydrogen-bond donors (Lipinski definition) is 0. The van der Waals surface area contributed by atoms with Gasteiger partial charge in [-0.15, -0.1) is 0 Å². The maximum absolute atomic E-state index is 13.1. The number of Topliss-reactive ketones (excluding diaryl/α,β-unsaturated/α-hetero) is 1. The molecular formula is C22H32N4O3. The van der Waals surface area contributed by atoms with E-state index >= 15 is 0 Å². The number of carbonyl (C=O) groups is 2. The summed E-state index contributed by atoms with van der Waals surface area (Å²) < 4.78 is 7.48. The quantitative estimate of drug-likeness (QED) is 0.736. The van der Waals surface area contributed by atoms with Crippen molar-refractivity contribution in [2.75, 3.05) is 7.05 Å². The zero-order chi connectivity index (χ0) is 21.5. The first-order chi connectivity index (χ1) is 13.6. The van der Waals surface area contributed by atoms with Crippen molar-refractivity contribution in [3.63, 3.8) is 0 Å². The highest BCUT2D eigenvalue weighted by molar-refractivity contribution is 6.01. The molecule has 0 spiro atoms. The summed E-state index contributed by atoms with van der Waals surface area (Å²) in [6, 6.07) is -0.327. The van der Waals surface area contributed by atoms with E-state index < -0.39 is 0 Å². The number of aromatic nitrogens is 3. The average molecular weight is 401 g/mol. The molecule has 1 amide bonds. The fourth-order valence-corrected chi connectivity index (χ4v) is 4.29. The van der Waals surface area contributed by atoms with Gasteiger partial charge in [0.1, 0.15) is 6.04 Å². The highest BCUT2D eigenvalue weighted by Gasteiger charge is 2.37. The van der Waals surface area contributed by atoms with Gasteiger partial charge in [-0.3, -0.25) is 9.59 Å². The Balaban J connectivity index is 1.93. The number of likely N-dealkylation sites (N-methyl/N-ethyl adjacent to an activating group) is 1. The molecule has 0 bridgehead atoms. The van der Waals surface area contributed by atoms with E-state index in [1.165, 1.54) is 0 Å². The second kappa shape index (κ2) is 7.76. The second-order valence-electron chi connectivity index (χ2n) is 9.02. The Hall–Kier alpha value is -2.44. The van der Waals surface area contributed by atoms with Gasteiger partial charge in [0.05, 0.1) is 6.42 Å². The van der Waals surface area contributed by atoms with Crippen LogP contribution in [0.4, 0.5) is 0 Å². The standard InChI is InChI=1S/C22H32N4O3/c1-8-9-26-13(2)16(20-17(26)11-22(5,6)12-18(20)27)10-19(28)25(7)14(3)21-23-15(4)24-29-21/h14H,8-12H2,1-7H3. The number of fused-ring (bicyclic) bond motifs is 1. The summed E-state index contributed by atoms with van der Waals surface area (Å²) >= 11 is 0. The van der Waals surface area contributed by atoms with Gasteiger partial charge in [0.15, 0.2) is 11.6 Å². The number of rotatable bonds is 6. The van der Waals surface area contributed by atoms with Gasteiger partial charge < -0.3 is 14.0 Å². The van der Waals surface area contributed by atoms with Crippen LogP contribution in [0.25, 0.3) is 0 Å². The molecule has 2 aromatic heterocycles. The lowest BCUT2D eigenvalue weighted by molar-refractivity contribution is -0.131. The molecule has 1 aliphatic rings. The van der Waals surface area contributed by atoms with Crippen molar-refractivity contribution in [2.45, 2.75) is 79.8 Å². The van der Waals surface area contributed by atoms with Crippen LogP contribution in [0.1, 0.15) is 85.6 Å². The minimum absolute atomic E-state index is 0.0528. The molecule has 0 saturated carbocycles. The smallest absolute Gasteiger partial charge is 0.249 e. The van der Waals surface area contributed by atoms with E-state index in [0.29, 0.717) is 18.1 Å². The van der Waals surface area contributed by atoms with E-state index in [9.17, 15) is 9.59 Å². The lowest BCUT2D eigenvalue weighted by Crippen LogP contribution is -2.32. The SMILES string of the molecule is CCCn1c(C)c(CC(=O)N(C)C(C)c2nc(C)no2)c2c1CC(C)(C)CC2=O. The van der Waals surface area contributed by atoms with Crippen molar-refractivity contribution in [1.29, 1.82) is 0 Å². The first-order valence-electron chi connectivity index (χ1n) is 10.4. The van der Waals surface area contributed by atoms with Crippen molar-refractivity contribution in [1.82, 2.24) is 19.6 Å². The third-order valence-electron chi connectivity index (χ3n) is 5.97. The van der Waals surface area contributed by atoms with Gasteiger partial charge >= 0.3 is 0 Å². The minimum Gasteiger partial charge on any atom is -0.348 e. The summed E-state index contributed by atoms with van der Waals surface area (Å²) in [5, 5.41) is 3.81. The molecule has 1 atom stereocenters. The minimum atomic E-state index is -0.327. The first-order valence-corrected chi connectivity index (χ1v) is 10.4. The Morgan fingerprint density at radius 1 is 1.31 bits per heavy atom. The maximum atomic E-state index is 13.1. The van der Waals surface area contributed by atoms with Crippen molar-refractivity contribution >= 4 is 11.7 Å². The van der Waals surface area contributed by atoms with E-state index in [1.807, 2.05) is 13.8 Å². The molecular weight excluding hydrogens is 368 g/mol. The van der Waals surface area contributed by atoms with Crippen LogP contribution in [0, 0.1) is 19.3 Å². The molecule has 29 heavy (non-hydrogen) atoms. The van der Waals surface area contributed by atoms with Gasteiger partial charge in [0.25, 0.3) is 0 Å². The van der Waals surface area contributed by atoms with Gasteiger partial charge in [-0.1, -0.05) is 25.9 Å². The van der Waals surface area contributed by atoms with Crippen molar-refractivity contribution < 1.29 is 14.1 Å². The third kappa shape index (κ3) is 4.00. The summed E-state index contributed by atoms with van der Waals surface area (Å²) in [5.74, 6) is 1.05. The van der Waals surface area contributed by atoms with Crippen LogP contribution in [0.2, 0.25) is 0 Å². The Bertz CT molecular complexity index is 938. The van der Waals surface area contributed by atoms with E-state index in [2.05, 4.69) is 35.5 Å². The topological polar surface area (TPSA) is 81.2 Å². The highest BCUT2D eigenvalue weighted by Crippen LogP contribution is 2.39. The summed E-state index contributed by atoms with van der Waals surface area (Å²) in [5.41, 5.74) is 3.73. The Morgan fingerprint density at radius 3 is 2.59 bits per heavy atom. The summed E-state index contributed by atoms with van der Waals surface area (Å²) in [4.78, 5) is 32.0. The molecule has 158 valence electrons. The first kappa shape index (κ1) is 21.3. The molecule has 7 nitrogen and oxygen atoms in total. The van der Waals surface area contributed by atoms with E-state index in [0.717, 1.165) is 41.9 Å². The van der Waals surface area contributed by atoms with E-state index in [4.69, 9.17) is 4.52 Å². The van der Waals surface area contributed by atoms with Crippen LogP contribution in [0.15, 0.2) is 4.52 Å². The largest absolute Gasteiger partial charge is 0.348 e. The lowest BCUT2D eigenvalue weighted by atomic mass is 9.75. The fourth-order valence-electron chi connectivity index (χ4n) is 4.29. The molecule has 2 heterocycles. The zero-order valence-electron chi connectivity index (χ0n) is 18.6. The van der Waals surface area contributed by atoms with Gasteiger partial charge in [-0.25, -0.2) is 0 Å². The number of nitrogens with zero attached hydrogens (tertiary/aromatic N) is 4. The molecule has 3 rings (SSSR count). The van der Waals surface area contributed by atoms with Crippen LogP contribution in [0.5, 0.6) is 0 Å². The molecule has 0 fully saturated rings. The van der Waals surface area contributed by atoms with Gasteiger partial charge in [-0.05, 0) is 44.6 Å². The molecule has 0 aromatic carbocycles. The molecule has 0 aliphatic heterocycles. The summed E-state index contributed by atoms with van der Waals surface area (Å²) in [7, 11) is 1.74. The number of carbonyl (C=O) groups excluding carboxylic acids is 2. The third-order valence-corrected chi connectivity index (χ3v) is 5.97. The molecule has 0 saturated heterocycles. The van der Waals surface area contributed by atoms with Crippen LogP contribution < -0.4 is 0 Å². The van der Waals surface area contributed by atoms with Crippen molar-refractivity contribution in [3.8, 4) is 0 Å². The molecule has 2 aromatic rings. The van der Waals surface area contributed by atoms with Crippen molar-refractivity contribution in [3.05, 3.63) is 34.2 Å². The highest BCUT2D eigenvalue weighted by atomic mass is 16.5. The van der Waals surface area contributed by atoms with Crippen LogP contribution in [-0.4, -0.2) is 38.3 Å². The Labute approximate surface area is 172 Å². The maximum Gasteiger partial charge on any atom is 0.249 e. The molecule has 0 radical (unpaired) electrons. The fraction of sp³-hybridized carbons (Fsp3) is 0.636. The average Bonchev–Trinajstić information content (AvgIpc) is 3.17. The Kier molecular flexibility index (Phi) is 5.70. The predicted molar refractivity (Wildman–Crippen MR) is 110 cm³/mol. The monoisotopic (exact) mass is 400 g/mol. The predicted octanol–water partition coefficient (Wildman–Crippen LogP) is 3.82. The molecule has 1 unspecified atom stereocenters. The number of amides is 1. The van der Waals surface area contributed by atoms with Crippen LogP contribution >= 0.6 is 0 Å². The van der Waals surface area contributed by atoms with Crippen LogP contribution in [-0.2, 0) is 24.2 Å². The van der Waals surface area contributed by atoms with Gasteiger partial charge in [0.2, 0.25) is 11.8 Å².